The lowest BCUT2D eigenvalue weighted by Crippen LogP contribution is -2.46. The first-order valence-electron chi connectivity index (χ1n) is 12.5. The lowest BCUT2D eigenvalue weighted by molar-refractivity contribution is -0.000952. The molecule has 5 nitrogen and oxygen atoms in total. The Balaban J connectivity index is 1.37. The van der Waals surface area contributed by atoms with E-state index in [2.05, 4.69) is 4.90 Å². The largest absolute Gasteiger partial charge is 0.494 e. The first-order chi connectivity index (χ1) is 17.8. The Bertz CT molecular complexity index is 1310. The van der Waals surface area contributed by atoms with E-state index in [4.69, 9.17) is 9.47 Å². The summed E-state index contributed by atoms with van der Waals surface area (Å²) in [6.07, 6.45) is 0.970. The zero-order valence-electron chi connectivity index (χ0n) is 20.9. The molecular weight excluding hydrogens is 481 g/mol. The molecule has 2 fully saturated rings. The second-order valence-electron chi connectivity index (χ2n) is 9.70. The number of nitrogens with zero attached hydrogens (tertiary/aromatic N) is 2. The average molecular weight is 511 g/mol. The number of anilines is 1. The van der Waals surface area contributed by atoms with E-state index in [1.807, 2.05) is 50.2 Å². The summed E-state index contributed by atoms with van der Waals surface area (Å²) in [5.41, 5.74) is 2.30. The number of piperidine rings is 1. The summed E-state index contributed by atoms with van der Waals surface area (Å²) in [6.45, 7) is 6.46. The lowest BCUT2D eigenvalue weighted by Gasteiger charge is -2.37. The first kappa shape index (κ1) is 25.1. The van der Waals surface area contributed by atoms with Gasteiger partial charge in [0, 0.05) is 49.8 Å². The number of hydrogen-bond acceptors (Lipinski definition) is 4. The Morgan fingerprint density at radius 2 is 1.65 bits per heavy atom. The highest BCUT2D eigenvalue weighted by atomic mass is 19.2. The van der Waals surface area contributed by atoms with Crippen molar-refractivity contribution in [3.8, 4) is 16.9 Å². The second-order valence-corrected chi connectivity index (χ2v) is 9.70. The molecule has 0 atom stereocenters. The fourth-order valence-electron chi connectivity index (χ4n) is 5.20. The first-order valence-corrected chi connectivity index (χ1v) is 12.5. The van der Waals surface area contributed by atoms with Crippen LogP contribution in [0.15, 0.2) is 54.6 Å². The van der Waals surface area contributed by atoms with Crippen molar-refractivity contribution in [2.75, 3.05) is 31.1 Å². The van der Waals surface area contributed by atoms with Crippen LogP contribution in [0.25, 0.3) is 11.1 Å². The maximum Gasteiger partial charge on any atom is 0.415 e. The second kappa shape index (κ2) is 10.1. The van der Waals surface area contributed by atoms with Crippen LogP contribution in [0.3, 0.4) is 0 Å². The fourth-order valence-corrected chi connectivity index (χ4v) is 5.20. The topological polar surface area (TPSA) is 42.0 Å². The van der Waals surface area contributed by atoms with Crippen molar-refractivity contribution >= 4 is 11.8 Å². The zero-order chi connectivity index (χ0) is 26.2. The van der Waals surface area contributed by atoms with Crippen molar-refractivity contribution < 1.29 is 27.4 Å². The summed E-state index contributed by atoms with van der Waals surface area (Å²) in [4.78, 5) is 16.5. The molecule has 1 amide bonds. The molecule has 3 aromatic carbocycles. The van der Waals surface area contributed by atoms with Crippen LogP contribution in [0.4, 0.5) is 23.7 Å². The molecule has 2 aliphatic rings. The van der Waals surface area contributed by atoms with Crippen LogP contribution in [-0.4, -0.2) is 42.8 Å². The third-order valence-corrected chi connectivity index (χ3v) is 7.20. The smallest absolute Gasteiger partial charge is 0.415 e. The predicted molar refractivity (Wildman–Crippen MR) is 135 cm³/mol. The van der Waals surface area contributed by atoms with Crippen LogP contribution in [0.1, 0.15) is 30.9 Å². The van der Waals surface area contributed by atoms with Gasteiger partial charge in [-0.05, 0) is 60.9 Å². The molecule has 2 aliphatic heterocycles. The van der Waals surface area contributed by atoms with Gasteiger partial charge in [0.15, 0.2) is 11.6 Å². The molecule has 0 saturated carbocycles. The number of amides is 1. The number of halogens is 3. The van der Waals surface area contributed by atoms with Gasteiger partial charge in [-0.2, -0.15) is 0 Å². The van der Waals surface area contributed by atoms with Crippen LogP contribution in [0, 0.1) is 24.4 Å². The summed E-state index contributed by atoms with van der Waals surface area (Å²) in [6, 6.07) is 14.6. The molecule has 0 N–H and O–H groups in total. The maximum absolute atomic E-state index is 14.8. The summed E-state index contributed by atoms with van der Waals surface area (Å²) in [7, 11) is 0. The number of carbonyl (C=O) groups is 1. The van der Waals surface area contributed by atoms with Gasteiger partial charge >= 0.3 is 6.09 Å². The number of hydrogen-bond donors (Lipinski definition) is 0. The normalized spacial score (nSPS) is 17.3. The van der Waals surface area contributed by atoms with Crippen LogP contribution < -0.4 is 9.64 Å². The summed E-state index contributed by atoms with van der Waals surface area (Å²) in [5, 5.41) is 0. The number of carbonyl (C=O) groups excluding carboxylic acids is 1. The minimum absolute atomic E-state index is 0.0109. The highest BCUT2D eigenvalue weighted by molar-refractivity contribution is 5.90. The van der Waals surface area contributed by atoms with E-state index in [1.54, 1.807) is 11.0 Å². The molecule has 0 aromatic heterocycles. The van der Waals surface area contributed by atoms with Crippen LogP contribution in [0.2, 0.25) is 0 Å². The van der Waals surface area contributed by atoms with Crippen molar-refractivity contribution in [2.24, 2.45) is 0 Å². The highest BCUT2D eigenvalue weighted by Crippen LogP contribution is 2.38. The molecule has 2 heterocycles. The van der Waals surface area contributed by atoms with Crippen LogP contribution in [-0.2, 0) is 11.3 Å². The minimum Gasteiger partial charge on any atom is -0.494 e. The molecule has 0 unspecified atom stereocenters. The Labute approximate surface area is 214 Å². The fraction of sp³-hybridized carbons (Fsp3) is 0.345. The van der Waals surface area contributed by atoms with Crippen molar-refractivity contribution in [3.05, 3.63) is 83.2 Å². The highest BCUT2D eigenvalue weighted by Gasteiger charge is 2.47. The van der Waals surface area contributed by atoms with Gasteiger partial charge in [-0.25, -0.2) is 18.0 Å². The van der Waals surface area contributed by atoms with E-state index < -0.39 is 23.1 Å². The summed E-state index contributed by atoms with van der Waals surface area (Å²) in [5.74, 6) is -2.47. The molecule has 5 rings (SSSR count). The van der Waals surface area contributed by atoms with E-state index in [0.717, 1.165) is 22.9 Å². The van der Waals surface area contributed by atoms with Gasteiger partial charge in [0.25, 0.3) is 0 Å². The number of ether oxygens (including phenoxy) is 2. The average Bonchev–Trinajstić information content (AvgIpc) is 3.21. The van der Waals surface area contributed by atoms with Crippen molar-refractivity contribution in [2.45, 2.75) is 38.8 Å². The van der Waals surface area contributed by atoms with Gasteiger partial charge in [0.2, 0.25) is 0 Å². The van der Waals surface area contributed by atoms with E-state index in [1.165, 1.54) is 0 Å². The zero-order valence-corrected chi connectivity index (χ0v) is 20.9. The molecular formula is C29H29F3N2O3. The van der Waals surface area contributed by atoms with Gasteiger partial charge in [-0.15, -0.1) is 0 Å². The molecule has 8 heteroatoms. The van der Waals surface area contributed by atoms with Gasteiger partial charge < -0.3 is 9.47 Å². The van der Waals surface area contributed by atoms with Gasteiger partial charge in [-0.3, -0.25) is 9.80 Å². The summed E-state index contributed by atoms with van der Waals surface area (Å²) >= 11 is 0. The van der Waals surface area contributed by atoms with Gasteiger partial charge in [0.05, 0.1) is 13.2 Å². The molecule has 2 saturated heterocycles. The summed E-state index contributed by atoms with van der Waals surface area (Å²) < 4.78 is 54.1. The molecule has 1 spiro atoms. The van der Waals surface area contributed by atoms with E-state index in [9.17, 15) is 18.0 Å². The maximum atomic E-state index is 14.8. The number of likely N-dealkylation sites (tertiary alicyclic amines) is 1. The molecule has 3 aromatic rings. The number of rotatable bonds is 6. The number of para-hydroxylation sites is 1. The molecule has 0 aliphatic carbocycles. The van der Waals surface area contributed by atoms with Gasteiger partial charge in [-0.1, -0.05) is 18.2 Å². The molecule has 0 radical (unpaired) electrons. The van der Waals surface area contributed by atoms with Gasteiger partial charge in [0.1, 0.15) is 17.2 Å². The number of benzene rings is 3. The molecule has 37 heavy (non-hydrogen) atoms. The number of aryl methyl sites for hydroxylation is 1. The van der Waals surface area contributed by atoms with E-state index in [-0.39, 0.29) is 11.7 Å². The predicted octanol–water partition coefficient (Wildman–Crippen LogP) is 6.47. The Morgan fingerprint density at radius 3 is 2.35 bits per heavy atom. The molecule has 194 valence electrons. The Morgan fingerprint density at radius 1 is 0.946 bits per heavy atom. The standard InChI is InChI=1S/C29H29F3N2O3/c1-3-36-27-14-20(22(13-19(27)2)23-15-25(31)26(32)16-24(23)30)17-33-11-9-29(10-12-33)18-34(28(35)37-29)21-7-5-4-6-8-21/h4-8,13-16H,3,9-12,17-18H2,1-2H3. The third kappa shape index (κ3) is 5.03. The third-order valence-electron chi connectivity index (χ3n) is 7.20. The van der Waals surface area contributed by atoms with Crippen molar-refractivity contribution in [3.63, 3.8) is 0 Å². The van der Waals surface area contributed by atoms with E-state index >= 15 is 0 Å². The lowest BCUT2D eigenvalue weighted by atomic mass is 9.90. The van der Waals surface area contributed by atoms with E-state index in [0.29, 0.717) is 63.0 Å². The SMILES string of the molecule is CCOc1cc(CN2CCC3(CC2)CN(c2ccccc2)C(=O)O3)c(-c2cc(F)c(F)cc2F)cc1C. The minimum atomic E-state index is -1.22. The Kier molecular flexibility index (Phi) is 6.86. The van der Waals surface area contributed by atoms with Crippen LogP contribution >= 0.6 is 0 Å². The van der Waals surface area contributed by atoms with Crippen LogP contribution in [0.5, 0.6) is 5.75 Å². The quantitative estimate of drug-likeness (QED) is 0.357. The van der Waals surface area contributed by atoms with Crippen molar-refractivity contribution in [1.29, 1.82) is 0 Å². The Hall–Kier alpha value is -3.52. The monoisotopic (exact) mass is 510 g/mol. The van der Waals surface area contributed by atoms with Crippen molar-refractivity contribution in [1.82, 2.24) is 4.90 Å². The molecule has 0 bridgehead atoms.